The Morgan fingerprint density at radius 2 is 1.57 bits per heavy atom. The van der Waals surface area contributed by atoms with Gasteiger partial charge in [-0.3, -0.25) is 28.8 Å². The average molecular weight is 614 g/mol. The molecule has 6 atom stereocenters. The van der Waals surface area contributed by atoms with Crippen LogP contribution in [0.2, 0.25) is 0 Å². The number of esters is 1. The van der Waals surface area contributed by atoms with Crippen LogP contribution in [0.15, 0.2) is 30.3 Å². The van der Waals surface area contributed by atoms with E-state index in [-0.39, 0.29) is 31.3 Å². The number of nitrogens with one attached hydrogen (secondary N) is 2. The fourth-order valence-corrected chi connectivity index (χ4v) is 5.73. The Balaban J connectivity index is 2.05. The van der Waals surface area contributed by atoms with Gasteiger partial charge < -0.3 is 30.1 Å². The van der Waals surface area contributed by atoms with E-state index in [1.165, 1.54) is 28.8 Å². The number of rotatable bonds is 4. The minimum absolute atomic E-state index is 0.0724. The van der Waals surface area contributed by atoms with E-state index in [9.17, 15) is 28.8 Å². The van der Waals surface area contributed by atoms with Crippen LogP contribution in [-0.2, 0) is 33.5 Å². The molecule has 0 bridgehead atoms. The number of carbonyl (C=O) groups excluding carboxylic acids is 6. The first-order chi connectivity index (χ1) is 20.8. The zero-order chi connectivity index (χ0) is 32.7. The minimum Gasteiger partial charge on any atom is -0.447 e. The molecular weight excluding hydrogens is 566 g/mol. The van der Waals surface area contributed by atoms with Gasteiger partial charge in [-0.1, -0.05) is 64.4 Å². The Kier molecular flexibility index (Phi) is 11.9. The molecule has 2 aliphatic rings. The molecule has 0 aliphatic carbocycles. The van der Waals surface area contributed by atoms with Crippen molar-refractivity contribution in [3.63, 3.8) is 0 Å². The largest absolute Gasteiger partial charge is 0.447 e. The minimum atomic E-state index is -1.29. The molecular formula is C32H47N5O7. The highest BCUT2D eigenvalue weighted by atomic mass is 16.5. The Morgan fingerprint density at radius 3 is 2.18 bits per heavy atom. The van der Waals surface area contributed by atoms with Gasteiger partial charge in [0.05, 0.1) is 6.42 Å². The lowest BCUT2D eigenvalue weighted by Crippen LogP contribution is -2.60. The van der Waals surface area contributed by atoms with E-state index in [0.717, 1.165) is 0 Å². The van der Waals surface area contributed by atoms with Crippen LogP contribution >= 0.6 is 0 Å². The highest BCUT2D eigenvalue weighted by molar-refractivity contribution is 5.96. The van der Waals surface area contributed by atoms with E-state index in [1.807, 2.05) is 27.7 Å². The lowest BCUT2D eigenvalue weighted by Gasteiger charge is -2.38. The summed E-state index contributed by atoms with van der Waals surface area (Å²) in [5.74, 6) is -3.64. The number of likely N-dealkylation sites (N-methyl/N-ethyl adjacent to an activating group) is 2. The van der Waals surface area contributed by atoms with Gasteiger partial charge in [0.2, 0.25) is 29.7 Å². The number of carbonyl (C=O) groups is 6. The van der Waals surface area contributed by atoms with E-state index < -0.39 is 65.8 Å². The topological polar surface area (TPSA) is 145 Å². The van der Waals surface area contributed by atoms with Crippen LogP contribution < -0.4 is 10.6 Å². The first-order valence-electron chi connectivity index (χ1n) is 15.5. The number of cyclic esters (lactones) is 1. The highest BCUT2D eigenvalue weighted by Crippen LogP contribution is 2.27. The number of hydrogen-bond acceptors (Lipinski definition) is 7. The molecule has 0 radical (unpaired) electrons. The second kappa shape index (κ2) is 15.2. The van der Waals surface area contributed by atoms with Crippen molar-refractivity contribution >= 4 is 35.5 Å². The Bertz CT molecular complexity index is 1220. The molecule has 1 aromatic rings. The summed E-state index contributed by atoms with van der Waals surface area (Å²) in [6.07, 6.45) is 0.0103. The normalized spacial score (nSPS) is 27.6. The van der Waals surface area contributed by atoms with Gasteiger partial charge in [-0.15, -0.1) is 0 Å². The predicted octanol–water partition coefficient (Wildman–Crippen LogP) is 1.64. The lowest BCUT2D eigenvalue weighted by molar-refractivity contribution is -0.162. The van der Waals surface area contributed by atoms with Crippen molar-refractivity contribution in [2.75, 3.05) is 27.2 Å². The molecule has 2 fully saturated rings. The van der Waals surface area contributed by atoms with Gasteiger partial charge in [-0.05, 0) is 31.6 Å². The molecule has 5 amide bonds. The molecule has 2 aliphatic heterocycles. The number of amides is 5. The Morgan fingerprint density at radius 1 is 0.909 bits per heavy atom. The maximum absolute atomic E-state index is 14.0. The zero-order valence-electron chi connectivity index (χ0n) is 26.9. The van der Waals surface area contributed by atoms with Crippen molar-refractivity contribution in [2.24, 2.45) is 11.8 Å². The number of hydrogen-bond donors (Lipinski definition) is 2. The molecule has 1 aromatic carbocycles. The van der Waals surface area contributed by atoms with E-state index in [2.05, 4.69) is 10.6 Å². The predicted molar refractivity (Wildman–Crippen MR) is 163 cm³/mol. The second-order valence-electron chi connectivity index (χ2n) is 12.1. The fraction of sp³-hybridized carbons (Fsp3) is 0.625. The van der Waals surface area contributed by atoms with Crippen molar-refractivity contribution in [3.05, 3.63) is 35.9 Å². The van der Waals surface area contributed by atoms with Crippen LogP contribution in [0.4, 0.5) is 0 Å². The summed E-state index contributed by atoms with van der Waals surface area (Å²) < 4.78 is 5.67. The highest BCUT2D eigenvalue weighted by Gasteiger charge is 2.43. The first-order valence-corrected chi connectivity index (χ1v) is 15.5. The monoisotopic (exact) mass is 613 g/mol. The average Bonchev–Trinajstić information content (AvgIpc) is 3.50. The summed E-state index contributed by atoms with van der Waals surface area (Å²) in [6, 6.07) is 4.94. The van der Waals surface area contributed by atoms with Gasteiger partial charge in [0.25, 0.3) is 5.91 Å². The van der Waals surface area contributed by atoms with Crippen molar-refractivity contribution in [2.45, 2.75) is 90.6 Å². The molecule has 0 aromatic heterocycles. The van der Waals surface area contributed by atoms with E-state index in [1.54, 1.807) is 37.3 Å². The number of nitrogens with zero attached hydrogens (tertiary/aromatic N) is 3. The number of benzene rings is 1. The molecule has 0 spiro atoms. The van der Waals surface area contributed by atoms with Crippen LogP contribution in [-0.4, -0.2) is 102 Å². The van der Waals surface area contributed by atoms with E-state index in [0.29, 0.717) is 24.8 Å². The zero-order valence-corrected chi connectivity index (χ0v) is 26.9. The molecule has 0 saturated carbocycles. The summed E-state index contributed by atoms with van der Waals surface area (Å²) in [5.41, 5.74) is 0.453. The van der Waals surface area contributed by atoms with Crippen molar-refractivity contribution in [1.29, 1.82) is 0 Å². The summed E-state index contributed by atoms with van der Waals surface area (Å²) in [6.45, 7) is 9.15. The van der Waals surface area contributed by atoms with Crippen LogP contribution in [0.3, 0.4) is 0 Å². The third-order valence-electron chi connectivity index (χ3n) is 8.78. The lowest BCUT2D eigenvalue weighted by atomic mass is 9.94. The standard InChI is InChI=1S/C32H47N5O7/c1-8-20(4)25-30(41)36(7)26(19(2)3)31(42)35(6)21(5)28(39)33-17-16-24(38)44-27(22-13-10-9-11-14-22)32(43)37-18-12-15-23(37)29(40)34-25/h9-11,13-14,19-21,23,25-27H,8,12,15-18H2,1-7H3,(H,33,39)(H,34,40)/t20-,21-,23-,25-,26-,27?/m0/s1. The molecule has 2 N–H and O–H groups in total. The summed E-state index contributed by atoms with van der Waals surface area (Å²) in [5, 5.41) is 5.56. The Labute approximate surface area is 259 Å². The smallest absolute Gasteiger partial charge is 0.308 e. The van der Waals surface area contributed by atoms with Crippen LogP contribution in [0.5, 0.6) is 0 Å². The maximum atomic E-state index is 14.0. The Hall–Kier alpha value is -3.96. The third-order valence-corrected chi connectivity index (χ3v) is 8.78. The van der Waals surface area contributed by atoms with Crippen LogP contribution in [0.25, 0.3) is 0 Å². The van der Waals surface area contributed by atoms with Crippen LogP contribution in [0, 0.1) is 11.8 Å². The van der Waals surface area contributed by atoms with Gasteiger partial charge in [0.1, 0.15) is 24.2 Å². The van der Waals surface area contributed by atoms with Crippen molar-refractivity contribution in [1.82, 2.24) is 25.3 Å². The summed E-state index contributed by atoms with van der Waals surface area (Å²) in [7, 11) is 3.03. The number of fused-ring (bicyclic) bond motifs is 1. The van der Waals surface area contributed by atoms with E-state index >= 15 is 0 Å². The SMILES string of the molecule is CC[C@H](C)[C@@H]1NC(=O)[C@@H]2CCCN2C(=O)C(c2ccccc2)OC(=O)CCNC(=O)[C@H](C)N(C)C(=O)[C@H](C(C)C)N(C)C1=O. The van der Waals surface area contributed by atoms with Gasteiger partial charge in [-0.25, -0.2) is 0 Å². The first kappa shape index (κ1) is 34.5. The van der Waals surface area contributed by atoms with Crippen LogP contribution in [0.1, 0.15) is 72.0 Å². The van der Waals surface area contributed by atoms with Gasteiger partial charge in [-0.2, -0.15) is 0 Å². The number of ether oxygens (including phenoxy) is 1. The molecule has 44 heavy (non-hydrogen) atoms. The van der Waals surface area contributed by atoms with E-state index in [4.69, 9.17) is 4.74 Å². The van der Waals surface area contributed by atoms with Crippen molar-refractivity contribution < 1.29 is 33.5 Å². The van der Waals surface area contributed by atoms with Gasteiger partial charge in [0.15, 0.2) is 0 Å². The van der Waals surface area contributed by atoms with Gasteiger partial charge >= 0.3 is 5.97 Å². The third kappa shape index (κ3) is 7.75. The quantitative estimate of drug-likeness (QED) is 0.491. The molecule has 2 heterocycles. The molecule has 12 heteroatoms. The summed E-state index contributed by atoms with van der Waals surface area (Å²) in [4.78, 5) is 85.3. The second-order valence-corrected chi connectivity index (χ2v) is 12.1. The maximum Gasteiger partial charge on any atom is 0.308 e. The molecule has 1 unspecified atom stereocenters. The van der Waals surface area contributed by atoms with Gasteiger partial charge in [0, 0.05) is 32.7 Å². The molecule has 242 valence electrons. The molecule has 3 rings (SSSR count). The fourth-order valence-electron chi connectivity index (χ4n) is 5.73. The molecule has 12 nitrogen and oxygen atoms in total. The molecule has 2 saturated heterocycles. The summed E-state index contributed by atoms with van der Waals surface area (Å²) >= 11 is 0. The van der Waals surface area contributed by atoms with Crippen molar-refractivity contribution in [3.8, 4) is 0 Å².